The first kappa shape index (κ1) is 15.9. The molecule has 0 aromatic heterocycles. The smallest absolute Gasteiger partial charge is 0.323 e. The monoisotopic (exact) mass is 244 g/mol. The summed E-state index contributed by atoms with van der Waals surface area (Å²) >= 11 is 0. The highest BCUT2D eigenvalue weighted by molar-refractivity contribution is 5.81. The maximum atomic E-state index is 11.7. The van der Waals surface area contributed by atoms with Crippen molar-refractivity contribution in [2.45, 2.75) is 52.1 Å². The van der Waals surface area contributed by atoms with Gasteiger partial charge in [-0.3, -0.25) is 14.5 Å². The van der Waals surface area contributed by atoms with E-state index in [1.54, 1.807) is 20.9 Å². The lowest BCUT2D eigenvalue weighted by Crippen LogP contribution is -2.52. The molecule has 5 heteroatoms. The normalized spacial score (nSPS) is 13.5. The quantitative estimate of drug-likeness (QED) is 0.703. The fourth-order valence-corrected chi connectivity index (χ4v) is 1.40. The molecule has 0 saturated heterocycles. The van der Waals surface area contributed by atoms with Gasteiger partial charge in [0.2, 0.25) is 5.91 Å². The molecule has 0 aliphatic carbocycles. The van der Waals surface area contributed by atoms with Crippen molar-refractivity contribution in [2.24, 2.45) is 0 Å². The van der Waals surface area contributed by atoms with E-state index in [2.05, 4.69) is 12.2 Å². The van der Waals surface area contributed by atoms with E-state index in [1.807, 2.05) is 6.92 Å². The van der Waals surface area contributed by atoms with Gasteiger partial charge < -0.3 is 10.4 Å². The van der Waals surface area contributed by atoms with Crippen LogP contribution in [0.2, 0.25) is 0 Å². The second-order valence-electron chi connectivity index (χ2n) is 4.98. The lowest BCUT2D eigenvalue weighted by atomic mass is 10.0. The summed E-state index contributed by atoms with van der Waals surface area (Å²) in [6, 6.07) is 0.133. The molecular formula is C12H24N2O3. The fraction of sp³-hybridized carbons (Fsp3) is 0.833. The Morgan fingerprint density at radius 3 is 2.35 bits per heavy atom. The molecule has 0 rings (SSSR count). The van der Waals surface area contributed by atoms with Gasteiger partial charge in [-0.05, 0) is 34.2 Å². The lowest BCUT2D eigenvalue weighted by Gasteiger charge is -2.31. The van der Waals surface area contributed by atoms with Crippen LogP contribution in [0.1, 0.15) is 40.5 Å². The number of rotatable bonds is 7. The van der Waals surface area contributed by atoms with Crippen LogP contribution in [0.3, 0.4) is 0 Å². The number of carboxylic acid groups (broad SMARTS) is 1. The number of aliphatic carboxylic acids is 1. The van der Waals surface area contributed by atoms with Gasteiger partial charge in [0.1, 0.15) is 5.54 Å². The van der Waals surface area contributed by atoms with Crippen LogP contribution in [0.15, 0.2) is 0 Å². The summed E-state index contributed by atoms with van der Waals surface area (Å²) in [7, 11) is 1.64. The first-order valence-electron chi connectivity index (χ1n) is 5.95. The zero-order valence-corrected chi connectivity index (χ0v) is 11.4. The van der Waals surface area contributed by atoms with Crippen molar-refractivity contribution in [1.29, 1.82) is 0 Å². The van der Waals surface area contributed by atoms with Crippen LogP contribution in [0.25, 0.3) is 0 Å². The van der Waals surface area contributed by atoms with Gasteiger partial charge in [-0.15, -0.1) is 0 Å². The minimum Gasteiger partial charge on any atom is -0.480 e. The number of hydrogen-bond donors (Lipinski definition) is 2. The molecule has 0 spiro atoms. The Balaban J connectivity index is 4.25. The van der Waals surface area contributed by atoms with Gasteiger partial charge in [0.05, 0.1) is 6.54 Å². The third-order valence-corrected chi connectivity index (χ3v) is 2.99. The molecule has 17 heavy (non-hydrogen) atoms. The third kappa shape index (κ3) is 5.17. The standard InChI is InChI=1S/C12H24N2O3/c1-6-7-9(2)13-10(15)8-14(5)12(3,4)11(16)17/h9H,6-8H2,1-5H3,(H,13,15)(H,16,17). The van der Waals surface area contributed by atoms with Gasteiger partial charge in [0, 0.05) is 6.04 Å². The number of amides is 1. The Morgan fingerprint density at radius 1 is 1.41 bits per heavy atom. The van der Waals surface area contributed by atoms with Gasteiger partial charge in [-0.2, -0.15) is 0 Å². The van der Waals surface area contributed by atoms with Crippen molar-refractivity contribution in [3.05, 3.63) is 0 Å². The van der Waals surface area contributed by atoms with E-state index in [0.717, 1.165) is 12.8 Å². The maximum absolute atomic E-state index is 11.7. The zero-order chi connectivity index (χ0) is 13.6. The number of nitrogens with zero attached hydrogens (tertiary/aromatic N) is 1. The second kappa shape index (κ2) is 6.59. The molecule has 0 aliphatic rings. The van der Waals surface area contributed by atoms with Gasteiger partial charge in [0.15, 0.2) is 0 Å². The molecule has 0 aromatic rings. The largest absolute Gasteiger partial charge is 0.480 e. The number of carbonyl (C=O) groups excluding carboxylic acids is 1. The fourth-order valence-electron chi connectivity index (χ4n) is 1.40. The summed E-state index contributed by atoms with van der Waals surface area (Å²) in [4.78, 5) is 24.2. The molecule has 100 valence electrons. The van der Waals surface area contributed by atoms with E-state index < -0.39 is 11.5 Å². The SMILES string of the molecule is CCCC(C)NC(=O)CN(C)C(C)(C)C(=O)O. The number of hydrogen-bond acceptors (Lipinski definition) is 3. The Morgan fingerprint density at radius 2 is 1.94 bits per heavy atom. The van der Waals surface area contributed by atoms with Crippen LogP contribution in [0.5, 0.6) is 0 Å². The molecule has 5 nitrogen and oxygen atoms in total. The predicted molar refractivity (Wildman–Crippen MR) is 66.9 cm³/mol. The van der Waals surface area contributed by atoms with Gasteiger partial charge in [0.25, 0.3) is 0 Å². The topological polar surface area (TPSA) is 69.6 Å². The number of likely N-dealkylation sites (N-methyl/N-ethyl adjacent to an activating group) is 1. The second-order valence-corrected chi connectivity index (χ2v) is 4.98. The number of nitrogens with one attached hydrogen (secondary N) is 1. The third-order valence-electron chi connectivity index (χ3n) is 2.99. The molecule has 1 atom stereocenters. The van der Waals surface area contributed by atoms with Crippen LogP contribution < -0.4 is 5.32 Å². The Hall–Kier alpha value is -1.10. The van der Waals surface area contributed by atoms with E-state index in [0.29, 0.717) is 0 Å². The van der Waals surface area contributed by atoms with Crippen molar-refractivity contribution >= 4 is 11.9 Å². The average molecular weight is 244 g/mol. The van der Waals surface area contributed by atoms with Crippen molar-refractivity contribution < 1.29 is 14.7 Å². The van der Waals surface area contributed by atoms with Crippen LogP contribution >= 0.6 is 0 Å². The molecule has 0 fully saturated rings. The molecule has 0 saturated carbocycles. The van der Waals surface area contributed by atoms with Crippen LogP contribution in [-0.2, 0) is 9.59 Å². The van der Waals surface area contributed by atoms with Gasteiger partial charge in [-0.1, -0.05) is 13.3 Å². The first-order chi connectivity index (χ1) is 7.71. The van der Waals surface area contributed by atoms with E-state index in [9.17, 15) is 9.59 Å². The molecular weight excluding hydrogens is 220 g/mol. The number of carboxylic acids is 1. The van der Waals surface area contributed by atoms with Gasteiger partial charge >= 0.3 is 5.97 Å². The molecule has 0 radical (unpaired) electrons. The van der Waals surface area contributed by atoms with E-state index in [4.69, 9.17) is 5.11 Å². The Labute approximate surface area is 103 Å². The highest BCUT2D eigenvalue weighted by Gasteiger charge is 2.33. The lowest BCUT2D eigenvalue weighted by molar-refractivity contribution is -0.149. The van der Waals surface area contributed by atoms with E-state index in [1.165, 1.54) is 4.90 Å². The zero-order valence-electron chi connectivity index (χ0n) is 11.4. The first-order valence-corrected chi connectivity index (χ1v) is 5.95. The summed E-state index contributed by atoms with van der Waals surface area (Å²) in [5, 5.41) is 11.9. The molecule has 0 bridgehead atoms. The van der Waals surface area contributed by atoms with Crippen molar-refractivity contribution in [3.63, 3.8) is 0 Å². The minimum absolute atomic E-state index is 0.0906. The van der Waals surface area contributed by atoms with Crippen LogP contribution in [0.4, 0.5) is 0 Å². The predicted octanol–water partition coefficient (Wildman–Crippen LogP) is 1.09. The minimum atomic E-state index is -1.04. The van der Waals surface area contributed by atoms with Crippen LogP contribution in [0, 0.1) is 0 Å². The molecule has 1 amide bonds. The number of carbonyl (C=O) groups is 2. The maximum Gasteiger partial charge on any atom is 0.323 e. The van der Waals surface area contributed by atoms with E-state index >= 15 is 0 Å². The summed E-state index contributed by atoms with van der Waals surface area (Å²) in [5.74, 6) is -1.07. The average Bonchev–Trinajstić information content (AvgIpc) is 2.16. The van der Waals surface area contributed by atoms with Gasteiger partial charge in [-0.25, -0.2) is 0 Å². The molecule has 2 N–H and O–H groups in total. The molecule has 0 heterocycles. The molecule has 0 aromatic carbocycles. The van der Waals surface area contributed by atoms with Crippen LogP contribution in [-0.4, -0.2) is 47.1 Å². The van der Waals surface area contributed by atoms with Crippen molar-refractivity contribution in [2.75, 3.05) is 13.6 Å². The Bertz CT molecular complexity index is 277. The highest BCUT2D eigenvalue weighted by Crippen LogP contribution is 2.11. The summed E-state index contributed by atoms with van der Waals surface area (Å²) in [5.41, 5.74) is -1.04. The summed E-state index contributed by atoms with van der Waals surface area (Å²) in [6.07, 6.45) is 1.94. The molecule has 0 aliphatic heterocycles. The Kier molecular flexibility index (Phi) is 6.16. The van der Waals surface area contributed by atoms with E-state index in [-0.39, 0.29) is 18.5 Å². The molecule has 1 unspecified atom stereocenters. The summed E-state index contributed by atoms with van der Waals surface area (Å²) < 4.78 is 0. The summed E-state index contributed by atoms with van der Waals surface area (Å²) in [6.45, 7) is 7.26. The highest BCUT2D eigenvalue weighted by atomic mass is 16.4. The van der Waals surface area contributed by atoms with Crippen molar-refractivity contribution in [3.8, 4) is 0 Å². The van der Waals surface area contributed by atoms with Crippen molar-refractivity contribution in [1.82, 2.24) is 10.2 Å².